The molecule has 0 saturated heterocycles. The second kappa shape index (κ2) is 8.19. The van der Waals surface area contributed by atoms with E-state index in [1.165, 1.54) is 5.56 Å². The number of amides is 1. The molecule has 0 bridgehead atoms. The zero-order valence-electron chi connectivity index (χ0n) is 14.7. The SMILES string of the molecule is Cc1ccc(Cn2cc(Br)c(NC(=O)COc3ccccc3C)n2)cc1. The average molecular weight is 414 g/mol. The van der Waals surface area contributed by atoms with Crippen LogP contribution in [0.5, 0.6) is 5.75 Å². The lowest BCUT2D eigenvalue weighted by atomic mass is 10.1. The van der Waals surface area contributed by atoms with Crippen LogP contribution in [-0.2, 0) is 11.3 Å². The van der Waals surface area contributed by atoms with E-state index in [-0.39, 0.29) is 12.5 Å². The summed E-state index contributed by atoms with van der Waals surface area (Å²) in [6, 6.07) is 15.9. The van der Waals surface area contributed by atoms with Crippen molar-refractivity contribution in [3.63, 3.8) is 0 Å². The molecule has 0 aliphatic heterocycles. The molecule has 26 heavy (non-hydrogen) atoms. The molecule has 0 fully saturated rings. The Morgan fingerprint density at radius 2 is 1.88 bits per heavy atom. The summed E-state index contributed by atoms with van der Waals surface area (Å²) in [4.78, 5) is 12.1. The number of benzene rings is 2. The predicted octanol–water partition coefficient (Wildman–Crippen LogP) is 4.33. The maximum absolute atomic E-state index is 12.1. The number of carbonyl (C=O) groups is 1. The number of aromatic nitrogens is 2. The van der Waals surface area contributed by atoms with Crippen LogP contribution in [0.25, 0.3) is 0 Å². The molecule has 6 heteroatoms. The van der Waals surface area contributed by atoms with Crippen molar-refractivity contribution in [2.45, 2.75) is 20.4 Å². The van der Waals surface area contributed by atoms with Gasteiger partial charge in [0.25, 0.3) is 5.91 Å². The van der Waals surface area contributed by atoms with Crippen molar-refractivity contribution in [1.82, 2.24) is 9.78 Å². The lowest BCUT2D eigenvalue weighted by Crippen LogP contribution is -2.21. The van der Waals surface area contributed by atoms with Crippen molar-refractivity contribution in [1.29, 1.82) is 0 Å². The number of nitrogens with one attached hydrogen (secondary N) is 1. The molecular weight excluding hydrogens is 394 g/mol. The van der Waals surface area contributed by atoms with Crippen LogP contribution < -0.4 is 10.1 Å². The van der Waals surface area contributed by atoms with Gasteiger partial charge in [0.1, 0.15) is 5.75 Å². The highest BCUT2D eigenvalue weighted by atomic mass is 79.9. The number of aryl methyl sites for hydroxylation is 2. The van der Waals surface area contributed by atoms with E-state index in [0.29, 0.717) is 18.1 Å². The largest absolute Gasteiger partial charge is 0.483 e. The molecular formula is C20H20BrN3O2. The van der Waals surface area contributed by atoms with Gasteiger partial charge in [-0.2, -0.15) is 5.10 Å². The topological polar surface area (TPSA) is 56.2 Å². The summed E-state index contributed by atoms with van der Waals surface area (Å²) in [5, 5.41) is 7.19. The molecule has 1 aromatic heterocycles. The second-order valence-corrected chi connectivity index (χ2v) is 6.97. The quantitative estimate of drug-likeness (QED) is 0.654. The van der Waals surface area contributed by atoms with E-state index < -0.39 is 0 Å². The number of hydrogen-bond acceptors (Lipinski definition) is 3. The maximum atomic E-state index is 12.1. The number of carbonyl (C=O) groups excluding carboxylic acids is 1. The molecule has 0 atom stereocenters. The summed E-state index contributed by atoms with van der Waals surface area (Å²) in [7, 11) is 0. The van der Waals surface area contributed by atoms with Gasteiger partial charge < -0.3 is 10.1 Å². The zero-order chi connectivity index (χ0) is 18.5. The highest BCUT2D eigenvalue weighted by Crippen LogP contribution is 2.21. The van der Waals surface area contributed by atoms with Gasteiger partial charge in [-0.05, 0) is 47.0 Å². The Morgan fingerprint density at radius 1 is 1.15 bits per heavy atom. The van der Waals surface area contributed by atoms with Crippen LogP contribution in [0.3, 0.4) is 0 Å². The Morgan fingerprint density at radius 3 is 2.62 bits per heavy atom. The third kappa shape index (κ3) is 4.73. The van der Waals surface area contributed by atoms with Gasteiger partial charge in [-0.3, -0.25) is 9.48 Å². The summed E-state index contributed by atoms with van der Waals surface area (Å²) in [5.41, 5.74) is 3.35. The number of anilines is 1. The third-order valence-corrected chi connectivity index (χ3v) is 4.47. The van der Waals surface area contributed by atoms with Gasteiger partial charge in [-0.1, -0.05) is 48.0 Å². The molecule has 0 aliphatic rings. The molecule has 5 nitrogen and oxygen atoms in total. The van der Waals surface area contributed by atoms with Crippen LogP contribution >= 0.6 is 15.9 Å². The van der Waals surface area contributed by atoms with Crippen molar-refractivity contribution in [2.75, 3.05) is 11.9 Å². The van der Waals surface area contributed by atoms with Crippen molar-refractivity contribution < 1.29 is 9.53 Å². The van der Waals surface area contributed by atoms with E-state index in [9.17, 15) is 4.79 Å². The Hall–Kier alpha value is -2.60. The normalized spacial score (nSPS) is 10.6. The summed E-state index contributed by atoms with van der Waals surface area (Å²) < 4.78 is 8.08. The lowest BCUT2D eigenvalue weighted by molar-refractivity contribution is -0.118. The minimum atomic E-state index is -0.255. The average Bonchev–Trinajstić information content (AvgIpc) is 2.95. The molecule has 0 spiro atoms. The summed E-state index contributed by atoms with van der Waals surface area (Å²) in [5.74, 6) is 0.927. The van der Waals surface area contributed by atoms with E-state index >= 15 is 0 Å². The fraction of sp³-hybridized carbons (Fsp3) is 0.200. The first-order valence-corrected chi connectivity index (χ1v) is 9.07. The van der Waals surface area contributed by atoms with Crippen LogP contribution in [0.1, 0.15) is 16.7 Å². The van der Waals surface area contributed by atoms with E-state index in [1.54, 1.807) is 4.68 Å². The smallest absolute Gasteiger partial charge is 0.263 e. The van der Waals surface area contributed by atoms with E-state index in [1.807, 2.05) is 37.4 Å². The van der Waals surface area contributed by atoms with Crippen molar-refractivity contribution in [2.24, 2.45) is 0 Å². The molecule has 3 rings (SSSR count). The van der Waals surface area contributed by atoms with Crippen LogP contribution in [0.15, 0.2) is 59.2 Å². The van der Waals surface area contributed by atoms with Gasteiger partial charge in [-0.15, -0.1) is 0 Å². The Kier molecular flexibility index (Phi) is 5.73. The number of hydrogen-bond donors (Lipinski definition) is 1. The van der Waals surface area contributed by atoms with Crippen molar-refractivity contribution in [3.8, 4) is 5.75 Å². The predicted molar refractivity (Wildman–Crippen MR) is 106 cm³/mol. The first-order valence-electron chi connectivity index (χ1n) is 8.28. The molecule has 1 heterocycles. The highest BCUT2D eigenvalue weighted by Gasteiger charge is 2.11. The minimum Gasteiger partial charge on any atom is -0.483 e. The lowest BCUT2D eigenvalue weighted by Gasteiger charge is -2.08. The maximum Gasteiger partial charge on any atom is 0.263 e. The third-order valence-electron chi connectivity index (χ3n) is 3.89. The van der Waals surface area contributed by atoms with Gasteiger partial charge >= 0.3 is 0 Å². The van der Waals surface area contributed by atoms with Gasteiger partial charge in [0, 0.05) is 6.20 Å². The second-order valence-electron chi connectivity index (χ2n) is 6.11. The highest BCUT2D eigenvalue weighted by molar-refractivity contribution is 9.10. The van der Waals surface area contributed by atoms with Crippen LogP contribution in [0.2, 0.25) is 0 Å². The van der Waals surface area contributed by atoms with Crippen molar-refractivity contribution in [3.05, 3.63) is 75.9 Å². The van der Waals surface area contributed by atoms with Crippen LogP contribution in [0.4, 0.5) is 5.82 Å². The number of rotatable bonds is 6. The molecule has 0 radical (unpaired) electrons. The fourth-order valence-corrected chi connectivity index (χ4v) is 2.89. The standard InChI is InChI=1S/C20H20BrN3O2/c1-14-7-9-16(10-8-14)11-24-12-17(21)20(23-24)22-19(25)13-26-18-6-4-3-5-15(18)2/h3-10,12H,11,13H2,1-2H3,(H,22,23,25). The first-order chi connectivity index (χ1) is 12.5. The Labute approximate surface area is 161 Å². The number of ether oxygens (including phenoxy) is 1. The summed E-state index contributed by atoms with van der Waals surface area (Å²) in [6.07, 6.45) is 1.84. The molecule has 134 valence electrons. The van der Waals surface area contributed by atoms with Crippen LogP contribution in [0, 0.1) is 13.8 Å². The van der Waals surface area contributed by atoms with Gasteiger partial charge in [-0.25, -0.2) is 0 Å². The number of nitrogens with zero attached hydrogens (tertiary/aromatic N) is 2. The van der Waals surface area contributed by atoms with Crippen molar-refractivity contribution >= 4 is 27.7 Å². The molecule has 3 aromatic rings. The van der Waals surface area contributed by atoms with Gasteiger partial charge in [0.05, 0.1) is 11.0 Å². The van der Waals surface area contributed by atoms with Gasteiger partial charge in [0.2, 0.25) is 0 Å². The molecule has 1 N–H and O–H groups in total. The molecule has 0 unspecified atom stereocenters. The Balaban J connectivity index is 1.59. The van der Waals surface area contributed by atoms with E-state index in [4.69, 9.17) is 4.74 Å². The fourth-order valence-electron chi connectivity index (χ4n) is 2.47. The van der Waals surface area contributed by atoms with Crippen LogP contribution in [-0.4, -0.2) is 22.3 Å². The number of para-hydroxylation sites is 1. The Bertz CT molecular complexity index is 904. The number of halogens is 1. The van der Waals surface area contributed by atoms with E-state index in [2.05, 4.69) is 57.5 Å². The zero-order valence-corrected chi connectivity index (χ0v) is 16.3. The summed E-state index contributed by atoms with van der Waals surface area (Å²) >= 11 is 3.44. The molecule has 0 saturated carbocycles. The molecule has 2 aromatic carbocycles. The first kappa shape index (κ1) is 18.2. The van der Waals surface area contributed by atoms with Gasteiger partial charge in [0.15, 0.2) is 12.4 Å². The minimum absolute atomic E-state index is 0.0673. The molecule has 1 amide bonds. The summed E-state index contributed by atoms with van der Waals surface area (Å²) in [6.45, 7) is 4.56. The monoisotopic (exact) mass is 413 g/mol. The molecule has 0 aliphatic carbocycles. The van der Waals surface area contributed by atoms with E-state index in [0.717, 1.165) is 15.6 Å².